The lowest BCUT2D eigenvalue weighted by Crippen LogP contribution is -2.15. The number of hydrogen-bond donors (Lipinski definition) is 0. The van der Waals surface area contributed by atoms with E-state index in [0.29, 0.717) is 0 Å². The maximum absolute atomic E-state index is 3.84. The molecular formula is C22H23N. The predicted octanol–water partition coefficient (Wildman–Crippen LogP) is 6.50. The van der Waals surface area contributed by atoms with Crippen LogP contribution in [0.1, 0.15) is 19.4 Å². The van der Waals surface area contributed by atoms with Crippen molar-refractivity contribution in [3.8, 4) is 0 Å². The van der Waals surface area contributed by atoms with Gasteiger partial charge in [0.1, 0.15) is 0 Å². The molecule has 0 spiro atoms. The molecule has 0 unspecified atom stereocenters. The van der Waals surface area contributed by atoms with E-state index in [4.69, 9.17) is 0 Å². The van der Waals surface area contributed by atoms with Crippen molar-refractivity contribution < 1.29 is 0 Å². The zero-order valence-corrected chi connectivity index (χ0v) is 13.8. The van der Waals surface area contributed by atoms with Gasteiger partial charge in [-0.2, -0.15) is 0 Å². The van der Waals surface area contributed by atoms with E-state index >= 15 is 0 Å². The summed E-state index contributed by atoms with van der Waals surface area (Å²) in [7, 11) is 0. The summed E-state index contributed by atoms with van der Waals surface area (Å²) < 4.78 is 0. The molecule has 0 fully saturated rings. The Labute approximate surface area is 139 Å². The summed E-state index contributed by atoms with van der Waals surface area (Å²) in [6.07, 6.45) is 12.1. The summed E-state index contributed by atoms with van der Waals surface area (Å²) in [4.78, 5) is 2.22. The highest BCUT2D eigenvalue weighted by atomic mass is 15.1. The molecule has 0 N–H and O–H groups in total. The lowest BCUT2D eigenvalue weighted by Gasteiger charge is -2.26. The van der Waals surface area contributed by atoms with Gasteiger partial charge in [0, 0.05) is 17.1 Å². The van der Waals surface area contributed by atoms with Crippen LogP contribution in [0.15, 0.2) is 97.3 Å². The van der Waals surface area contributed by atoms with Crippen LogP contribution in [-0.2, 0) is 0 Å². The minimum Gasteiger partial charge on any atom is -0.311 e. The van der Waals surface area contributed by atoms with Gasteiger partial charge in [0.15, 0.2) is 0 Å². The number of hydrogen-bond acceptors (Lipinski definition) is 1. The summed E-state index contributed by atoms with van der Waals surface area (Å²) in [6, 6.07) is 18.9. The number of benzene rings is 2. The van der Waals surface area contributed by atoms with Gasteiger partial charge in [-0.3, -0.25) is 0 Å². The highest BCUT2D eigenvalue weighted by Gasteiger charge is 2.11. The summed E-state index contributed by atoms with van der Waals surface area (Å²) >= 11 is 0. The van der Waals surface area contributed by atoms with E-state index in [2.05, 4.69) is 72.2 Å². The standard InChI is InChI=1S/C22H23N/c1-4-10-19-15-17-22(18-16-19)23(20(11-5-2)12-6-3)21-13-8-7-9-14-21/h4-18H,2H2,1,3H3/b10-4+,12-6-,20-11+. The van der Waals surface area contributed by atoms with E-state index in [1.807, 2.05) is 44.2 Å². The Morgan fingerprint density at radius 2 is 1.52 bits per heavy atom. The van der Waals surface area contributed by atoms with Crippen LogP contribution in [0, 0.1) is 0 Å². The van der Waals surface area contributed by atoms with E-state index in [0.717, 1.165) is 17.1 Å². The Morgan fingerprint density at radius 1 is 0.870 bits per heavy atom. The van der Waals surface area contributed by atoms with Gasteiger partial charge in [0.05, 0.1) is 0 Å². The zero-order chi connectivity index (χ0) is 16.5. The largest absolute Gasteiger partial charge is 0.311 e. The third kappa shape index (κ3) is 4.33. The SMILES string of the molecule is C=C/C=C(\C=C/C)N(c1ccccc1)c1ccc(/C=C/C)cc1. The van der Waals surface area contributed by atoms with Crippen molar-refractivity contribution in [2.75, 3.05) is 4.90 Å². The molecule has 116 valence electrons. The Morgan fingerprint density at radius 3 is 2.09 bits per heavy atom. The van der Waals surface area contributed by atoms with Crippen molar-refractivity contribution in [1.82, 2.24) is 0 Å². The zero-order valence-electron chi connectivity index (χ0n) is 13.8. The quantitative estimate of drug-likeness (QED) is 0.550. The van der Waals surface area contributed by atoms with Crippen molar-refractivity contribution in [3.05, 3.63) is 103 Å². The topological polar surface area (TPSA) is 3.24 Å². The number of anilines is 2. The smallest absolute Gasteiger partial charge is 0.0462 e. The molecule has 0 radical (unpaired) electrons. The van der Waals surface area contributed by atoms with Crippen molar-refractivity contribution in [3.63, 3.8) is 0 Å². The molecule has 0 aromatic heterocycles. The molecular weight excluding hydrogens is 278 g/mol. The van der Waals surface area contributed by atoms with E-state index < -0.39 is 0 Å². The molecule has 2 aromatic carbocycles. The first-order chi connectivity index (χ1) is 11.3. The predicted molar refractivity (Wildman–Crippen MR) is 103 cm³/mol. The van der Waals surface area contributed by atoms with Gasteiger partial charge in [0.25, 0.3) is 0 Å². The van der Waals surface area contributed by atoms with Crippen LogP contribution in [0.5, 0.6) is 0 Å². The van der Waals surface area contributed by atoms with Gasteiger partial charge >= 0.3 is 0 Å². The van der Waals surface area contributed by atoms with Crippen molar-refractivity contribution in [2.45, 2.75) is 13.8 Å². The summed E-state index contributed by atoms with van der Waals surface area (Å²) in [5.74, 6) is 0. The van der Waals surface area contributed by atoms with Crippen LogP contribution in [0.3, 0.4) is 0 Å². The lowest BCUT2D eigenvalue weighted by molar-refractivity contribution is 1.21. The summed E-state index contributed by atoms with van der Waals surface area (Å²) in [5, 5.41) is 0. The molecule has 2 rings (SSSR count). The molecule has 0 aliphatic heterocycles. The maximum atomic E-state index is 3.84. The Bertz CT molecular complexity index is 703. The van der Waals surface area contributed by atoms with Crippen molar-refractivity contribution >= 4 is 17.5 Å². The molecule has 2 aromatic rings. The van der Waals surface area contributed by atoms with Crippen LogP contribution in [0.4, 0.5) is 11.4 Å². The molecule has 0 amide bonds. The number of para-hydroxylation sites is 1. The van der Waals surface area contributed by atoms with Crippen molar-refractivity contribution in [2.24, 2.45) is 0 Å². The molecule has 23 heavy (non-hydrogen) atoms. The van der Waals surface area contributed by atoms with Gasteiger partial charge in [-0.15, -0.1) is 0 Å². The third-order valence-electron chi connectivity index (χ3n) is 3.41. The number of rotatable bonds is 6. The minimum absolute atomic E-state index is 1.08. The molecule has 0 atom stereocenters. The molecule has 0 aliphatic carbocycles. The number of nitrogens with zero attached hydrogens (tertiary/aromatic N) is 1. The molecule has 1 heteroatoms. The van der Waals surface area contributed by atoms with E-state index in [1.54, 1.807) is 0 Å². The first-order valence-corrected chi connectivity index (χ1v) is 7.83. The second kappa shape index (κ2) is 8.60. The first kappa shape index (κ1) is 16.6. The van der Waals surface area contributed by atoms with Gasteiger partial charge < -0.3 is 4.90 Å². The molecule has 0 saturated heterocycles. The number of allylic oxidation sites excluding steroid dienone is 5. The normalized spacial score (nSPS) is 12.0. The van der Waals surface area contributed by atoms with E-state index in [1.165, 1.54) is 5.56 Å². The lowest BCUT2D eigenvalue weighted by atomic mass is 10.1. The molecule has 1 nitrogen and oxygen atoms in total. The van der Waals surface area contributed by atoms with E-state index in [-0.39, 0.29) is 0 Å². The average molecular weight is 301 g/mol. The van der Waals surface area contributed by atoms with Gasteiger partial charge in [0.2, 0.25) is 0 Å². The third-order valence-corrected chi connectivity index (χ3v) is 3.41. The molecule has 0 saturated carbocycles. The van der Waals surface area contributed by atoms with Crippen LogP contribution in [-0.4, -0.2) is 0 Å². The van der Waals surface area contributed by atoms with Gasteiger partial charge in [-0.25, -0.2) is 0 Å². The molecule has 0 bridgehead atoms. The Hall–Kier alpha value is -2.80. The summed E-state index contributed by atoms with van der Waals surface area (Å²) in [5.41, 5.74) is 4.52. The fourth-order valence-electron chi connectivity index (χ4n) is 2.45. The van der Waals surface area contributed by atoms with Gasteiger partial charge in [-0.05, 0) is 55.8 Å². The van der Waals surface area contributed by atoms with Crippen LogP contribution in [0.2, 0.25) is 0 Å². The fraction of sp³-hybridized carbons (Fsp3) is 0.0909. The molecule has 0 aliphatic rings. The maximum Gasteiger partial charge on any atom is 0.0462 e. The van der Waals surface area contributed by atoms with Gasteiger partial charge in [-0.1, -0.05) is 61.2 Å². The Balaban J connectivity index is 2.53. The second-order valence-corrected chi connectivity index (χ2v) is 5.09. The van der Waals surface area contributed by atoms with Crippen LogP contribution in [0.25, 0.3) is 6.08 Å². The fourth-order valence-corrected chi connectivity index (χ4v) is 2.45. The monoisotopic (exact) mass is 301 g/mol. The highest BCUT2D eigenvalue weighted by molar-refractivity contribution is 5.71. The Kier molecular flexibility index (Phi) is 6.19. The minimum atomic E-state index is 1.08. The van der Waals surface area contributed by atoms with Crippen molar-refractivity contribution in [1.29, 1.82) is 0 Å². The first-order valence-electron chi connectivity index (χ1n) is 7.83. The second-order valence-electron chi connectivity index (χ2n) is 5.09. The van der Waals surface area contributed by atoms with Crippen LogP contribution >= 0.6 is 0 Å². The molecule has 0 heterocycles. The highest BCUT2D eigenvalue weighted by Crippen LogP contribution is 2.30. The van der Waals surface area contributed by atoms with E-state index in [9.17, 15) is 0 Å². The van der Waals surface area contributed by atoms with Crippen LogP contribution < -0.4 is 4.90 Å². The summed E-state index contributed by atoms with van der Waals surface area (Å²) in [6.45, 7) is 7.90. The average Bonchev–Trinajstić information content (AvgIpc) is 2.58.